The zero-order valence-electron chi connectivity index (χ0n) is 13.6. The van der Waals surface area contributed by atoms with Crippen molar-refractivity contribution in [2.45, 2.75) is 9.79 Å². The number of fused-ring (bicyclic) bond motifs is 1. The van der Waals surface area contributed by atoms with E-state index in [1.165, 1.54) is 26.7 Å². The Labute approximate surface area is 173 Å². The van der Waals surface area contributed by atoms with Gasteiger partial charge in [0.25, 0.3) is 0 Å². The first kappa shape index (κ1) is 20.5. The van der Waals surface area contributed by atoms with Crippen LogP contribution in [0.15, 0.2) is 39.1 Å². The summed E-state index contributed by atoms with van der Waals surface area (Å²) in [6, 6.07) is 0. The number of ether oxygens (including phenoxy) is 2. The van der Waals surface area contributed by atoms with Crippen LogP contribution in [0.25, 0.3) is 0 Å². The van der Waals surface area contributed by atoms with Gasteiger partial charge in [-0.3, -0.25) is 0 Å². The Kier molecular flexibility index (Phi) is 8.94. The van der Waals surface area contributed by atoms with Crippen molar-refractivity contribution in [3.05, 3.63) is 29.3 Å². The lowest BCUT2D eigenvalue weighted by molar-refractivity contribution is 0.0377. The third-order valence-electron chi connectivity index (χ3n) is 3.03. The summed E-state index contributed by atoms with van der Waals surface area (Å²) in [4.78, 5) is 5.83. The van der Waals surface area contributed by atoms with Gasteiger partial charge >= 0.3 is 0 Å². The third kappa shape index (κ3) is 5.86. The topological polar surface area (TPSA) is 54.5 Å². The van der Waals surface area contributed by atoms with Gasteiger partial charge in [-0.05, 0) is 6.26 Å². The van der Waals surface area contributed by atoms with E-state index in [1.54, 1.807) is 0 Å². The fourth-order valence-electron chi connectivity index (χ4n) is 1.95. The molecule has 2 aliphatic rings. The molecule has 0 radical (unpaired) electrons. The van der Waals surface area contributed by atoms with Crippen molar-refractivity contribution in [1.29, 1.82) is 0 Å². The summed E-state index contributed by atoms with van der Waals surface area (Å²) in [5, 5.41) is 8.63. The summed E-state index contributed by atoms with van der Waals surface area (Å²) in [6.45, 7) is 2.28. The predicted octanol–water partition coefficient (Wildman–Crippen LogP) is 5.07. The second-order valence-corrected chi connectivity index (χ2v) is 11.8. The molecule has 0 amide bonds. The summed E-state index contributed by atoms with van der Waals surface area (Å²) in [5.74, 6) is 0.941. The molecule has 2 aliphatic heterocycles. The minimum atomic E-state index is 0.0653. The highest BCUT2D eigenvalue weighted by atomic mass is 32.3. The van der Waals surface area contributed by atoms with Crippen LogP contribution >= 0.6 is 70.6 Å². The number of hydrogen-bond donors (Lipinski definition) is 2. The van der Waals surface area contributed by atoms with Gasteiger partial charge in [-0.1, -0.05) is 47.0 Å². The number of aromatic amines is 1. The molecule has 0 fully saturated rings. The SMILES string of the molecule is CSC1=C(SCCOCCOCCO)SC(=C2Sc3c[nH]cc3S2)S1. The minimum absolute atomic E-state index is 0.0653. The second kappa shape index (κ2) is 10.9. The van der Waals surface area contributed by atoms with Crippen molar-refractivity contribution in [3.63, 3.8) is 0 Å². The first-order valence-corrected chi connectivity index (χ1v) is 13.1. The van der Waals surface area contributed by atoms with Crippen molar-refractivity contribution < 1.29 is 14.6 Å². The van der Waals surface area contributed by atoms with Crippen LogP contribution in [-0.2, 0) is 9.47 Å². The van der Waals surface area contributed by atoms with Crippen molar-refractivity contribution in [2.24, 2.45) is 0 Å². The van der Waals surface area contributed by atoms with Crippen LogP contribution in [-0.4, -0.2) is 55.1 Å². The van der Waals surface area contributed by atoms with Crippen LogP contribution in [0.2, 0.25) is 0 Å². The van der Waals surface area contributed by atoms with Crippen LogP contribution < -0.4 is 0 Å². The molecule has 10 heteroatoms. The van der Waals surface area contributed by atoms with Crippen molar-refractivity contribution in [1.82, 2.24) is 4.98 Å². The largest absolute Gasteiger partial charge is 0.394 e. The first-order valence-electron chi connectivity index (χ1n) is 7.61. The molecule has 0 unspecified atom stereocenters. The minimum Gasteiger partial charge on any atom is -0.394 e. The fraction of sp³-hybridized carbons (Fsp3) is 0.467. The Bertz CT molecular complexity index is 622. The molecule has 0 saturated carbocycles. The van der Waals surface area contributed by atoms with Crippen molar-refractivity contribution >= 4 is 70.6 Å². The summed E-state index contributed by atoms with van der Waals surface area (Å²) in [6.07, 6.45) is 6.29. The molecule has 4 nitrogen and oxygen atoms in total. The summed E-state index contributed by atoms with van der Waals surface area (Å²) in [5.41, 5.74) is 0. The van der Waals surface area contributed by atoms with Crippen LogP contribution in [0.3, 0.4) is 0 Å². The van der Waals surface area contributed by atoms with Gasteiger partial charge in [0, 0.05) is 27.9 Å². The van der Waals surface area contributed by atoms with Gasteiger partial charge < -0.3 is 19.6 Å². The molecule has 3 heterocycles. The van der Waals surface area contributed by atoms with E-state index in [9.17, 15) is 0 Å². The lowest BCUT2D eigenvalue weighted by atomic mass is 10.7. The maximum Gasteiger partial charge on any atom is 0.0717 e. The zero-order chi connectivity index (χ0) is 17.5. The average molecular weight is 454 g/mol. The number of aliphatic hydroxyl groups is 1. The maximum atomic E-state index is 8.63. The third-order valence-corrected chi connectivity index (χ3v) is 11.4. The predicted molar refractivity (Wildman–Crippen MR) is 116 cm³/mol. The molecule has 25 heavy (non-hydrogen) atoms. The van der Waals surface area contributed by atoms with E-state index >= 15 is 0 Å². The van der Waals surface area contributed by atoms with Crippen molar-refractivity contribution in [3.8, 4) is 0 Å². The summed E-state index contributed by atoms with van der Waals surface area (Å²) >= 11 is 11.2. The fourth-order valence-corrected chi connectivity index (χ4v) is 10.0. The van der Waals surface area contributed by atoms with E-state index in [1.807, 2.05) is 70.6 Å². The van der Waals surface area contributed by atoms with E-state index in [0.29, 0.717) is 26.4 Å². The van der Waals surface area contributed by atoms with E-state index in [2.05, 4.69) is 23.6 Å². The van der Waals surface area contributed by atoms with E-state index in [0.717, 1.165) is 5.75 Å². The van der Waals surface area contributed by atoms with Gasteiger partial charge in [-0.25, -0.2) is 0 Å². The lowest BCUT2D eigenvalue weighted by Crippen LogP contribution is -2.08. The Balaban J connectivity index is 1.42. The highest BCUT2D eigenvalue weighted by Crippen LogP contribution is 2.63. The number of aromatic nitrogens is 1. The van der Waals surface area contributed by atoms with Gasteiger partial charge in [-0.15, -0.1) is 23.5 Å². The number of H-pyrrole nitrogens is 1. The van der Waals surface area contributed by atoms with E-state index in [-0.39, 0.29) is 6.61 Å². The van der Waals surface area contributed by atoms with Gasteiger partial charge in [0.2, 0.25) is 0 Å². The highest BCUT2D eigenvalue weighted by molar-refractivity contribution is 8.42. The molecule has 0 aromatic carbocycles. The number of hydrogen-bond acceptors (Lipinski definition) is 9. The van der Waals surface area contributed by atoms with Gasteiger partial charge in [0.05, 0.1) is 50.0 Å². The monoisotopic (exact) mass is 453 g/mol. The molecule has 0 bridgehead atoms. The molecule has 0 atom stereocenters. The molecular formula is C15H19NO3S6. The molecule has 1 aromatic rings. The number of aliphatic hydroxyl groups excluding tert-OH is 1. The van der Waals surface area contributed by atoms with Crippen LogP contribution in [0.4, 0.5) is 0 Å². The summed E-state index contributed by atoms with van der Waals surface area (Å²) < 4.78 is 16.3. The maximum absolute atomic E-state index is 8.63. The quantitative estimate of drug-likeness (QED) is 0.473. The molecule has 0 saturated heterocycles. The second-order valence-electron chi connectivity index (χ2n) is 4.74. The Morgan fingerprint density at radius 2 is 1.56 bits per heavy atom. The molecule has 3 rings (SSSR count). The zero-order valence-corrected chi connectivity index (χ0v) is 18.5. The lowest BCUT2D eigenvalue weighted by Gasteiger charge is -2.06. The summed E-state index contributed by atoms with van der Waals surface area (Å²) in [7, 11) is 0. The molecule has 138 valence electrons. The van der Waals surface area contributed by atoms with Crippen molar-refractivity contribution in [2.75, 3.05) is 45.0 Å². The van der Waals surface area contributed by atoms with Crippen LogP contribution in [0.5, 0.6) is 0 Å². The standard InChI is InChI=1S/C15H19NO3S6/c1-20-12-13(21-7-6-19-5-4-18-3-2-17)25-15(24-12)14-22-10-8-16-9-11(10)23-14/h8-9,16-17H,2-7H2,1H3. The van der Waals surface area contributed by atoms with Gasteiger partial charge in [-0.2, -0.15) is 0 Å². The number of nitrogens with one attached hydrogen (secondary N) is 1. The molecular weight excluding hydrogens is 435 g/mol. The van der Waals surface area contributed by atoms with Crippen LogP contribution in [0, 0.1) is 0 Å². The Hall–Kier alpha value is 0.740. The number of thioether (sulfide) groups is 6. The number of rotatable bonds is 10. The average Bonchev–Trinajstić information content (AvgIpc) is 3.30. The Morgan fingerprint density at radius 1 is 0.920 bits per heavy atom. The Morgan fingerprint density at radius 3 is 2.24 bits per heavy atom. The highest BCUT2D eigenvalue weighted by Gasteiger charge is 2.28. The first-order chi connectivity index (χ1) is 12.3. The van der Waals surface area contributed by atoms with Gasteiger partial charge in [0.15, 0.2) is 0 Å². The van der Waals surface area contributed by atoms with E-state index in [4.69, 9.17) is 14.6 Å². The van der Waals surface area contributed by atoms with Gasteiger partial charge in [0.1, 0.15) is 0 Å². The molecule has 0 spiro atoms. The molecule has 0 aliphatic carbocycles. The molecule has 2 N–H and O–H groups in total. The van der Waals surface area contributed by atoms with Crippen LogP contribution in [0.1, 0.15) is 0 Å². The van der Waals surface area contributed by atoms with E-state index < -0.39 is 0 Å². The molecule has 1 aromatic heterocycles. The smallest absolute Gasteiger partial charge is 0.0717 e. The normalized spacial score (nSPS) is 17.0.